The van der Waals surface area contributed by atoms with Gasteiger partial charge in [-0.15, -0.1) is 0 Å². The summed E-state index contributed by atoms with van der Waals surface area (Å²) in [5, 5.41) is 0. The van der Waals surface area contributed by atoms with Crippen LogP contribution in [0.25, 0.3) is 0 Å². The van der Waals surface area contributed by atoms with Gasteiger partial charge in [0.05, 0.1) is 5.41 Å². The summed E-state index contributed by atoms with van der Waals surface area (Å²) in [6, 6.07) is 0. The van der Waals surface area contributed by atoms with Gasteiger partial charge in [0.25, 0.3) is 0 Å². The molecule has 8 nitrogen and oxygen atoms in total. The highest BCUT2D eigenvalue weighted by Crippen LogP contribution is 2.42. The third-order valence-electron chi connectivity index (χ3n) is 3.97. The van der Waals surface area contributed by atoms with E-state index in [0.717, 1.165) is 22.3 Å². The summed E-state index contributed by atoms with van der Waals surface area (Å²) in [5.74, 6) is 0. The highest BCUT2D eigenvalue weighted by atomic mass is 14.9. The molecule has 0 spiro atoms. The van der Waals surface area contributed by atoms with Crippen LogP contribution in [0.15, 0.2) is 74.9 Å². The molecule has 0 N–H and O–H groups in total. The van der Waals surface area contributed by atoms with Gasteiger partial charge in [0.1, 0.15) is 25.3 Å². The first kappa shape index (κ1) is 14.9. The molecular weight excluding hydrogens is 316 g/mol. The molecule has 120 valence electrons. The molecule has 0 amide bonds. The standard InChI is InChI=1S/C17H12N8/c1-13(2-19-9-18-1)17(14-3-20-10-21-4-14,15-5-22-11-23-6-15)16-7-24-12-25-8-16/h1-12H. The van der Waals surface area contributed by atoms with Crippen molar-refractivity contribution in [1.29, 1.82) is 0 Å². The van der Waals surface area contributed by atoms with Crippen LogP contribution >= 0.6 is 0 Å². The first-order valence-corrected chi connectivity index (χ1v) is 7.44. The lowest BCUT2D eigenvalue weighted by Gasteiger charge is -2.33. The van der Waals surface area contributed by atoms with Crippen LogP contribution in [0.3, 0.4) is 0 Å². The summed E-state index contributed by atoms with van der Waals surface area (Å²) in [5.41, 5.74) is 2.43. The van der Waals surface area contributed by atoms with Crippen molar-refractivity contribution in [2.24, 2.45) is 0 Å². The van der Waals surface area contributed by atoms with Crippen molar-refractivity contribution in [3.05, 3.63) is 97.1 Å². The van der Waals surface area contributed by atoms with Gasteiger partial charge in [-0.05, 0) is 0 Å². The molecule has 0 aromatic carbocycles. The summed E-state index contributed by atoms with van der Waals surface area (Å²) >= 11 is 0. The Morgan fingerprint density at radius 2 is 0.560 bits per heavy atom. The average Bonchev–Trinajstić information content (AvgIpc) is 2.72. The Kier molecular flexibility index (Phi) is 3.83. The van der Waals surface area contributed by atoms with E-state index >= 15 is 0 Å². The summed E-state index contributed by atoms with van der Waals surface area (Å²) < 4.78 is 0. The maximum atomic E-state index is 4.19. The molecule has 0 fully saturated rings. The van der Waals surface area contributed by atoms with Gasteiger partial charge in [-0.3, -0.25) is 0 Å². The Hall–Kier alpha value is -3.68. The number of nitrogens with zero attached hydrogens (tertiary/aromatic N) is 8. The minimum atomic E-state index is -0.828. The first-order chi connectivity index (χ1) is 12.4. The van der Waals surface area contributed by atoms with Crippen LogP contribution in [0, 0.1) is 0 Å². The van der Waals surface area contributed by atoms with Gasteiger partial charge >= 0.3 is 0 Å². The fourth-order valence-corrected chi connectivity index (χ4v) is 2.97. The smallest absolute Gasteiger partial charge is 0.115 e. The lowest BCUT2D eigenvalue weighted by atomic mass is 9.68. The van der Waals surface area contributed by atoms with Crippen LogP contribution in [0.2, 0.25) is 0 Å². The maximum absolute atomic E-state index is 4.19. The Bertz CT molecular complexity index is 770. The lowest BCUT2D eigenvalue weighted by Crippen LogP contribution is -2.32. The fraction of sp³-hybridized carbons (Fsp3) is 0.0588. The molecular formula is C17H12N8. The molecule has 0 bridgehead atoms. The van der Waals surface area contributed by atoms with E-state index in [1.54, 1.807) is 49.6 Å². The Balaban J connectivity index is 2.13. The highest BCUT2D eigenvalue weighted by molar-refractivity contribution is 5.55. The van der Waals surface area contributed by atoms with E-state index in [1.807, 2.05) is 0 Å². The average molecular weight is 328 g/mol. The normalized spacial score (nSPS) is 11.2. The number of rotatable bonds is 4. The Morgan fingerprint density at radius 3 is 0.760 bits per heavy atom. The molecule has 0 saturated heterocycles. The fourth-order valence-electron chi connectivity index (χ4n) is 2.97. The minimum absolute atomic E-state index is 0.814. The highest BCUT2D eigenvalue weighted by Gasteiger charge is 2.40. The van der Waals surface area contributed by atoms with E-state index in [0.29, 0.717) is 0 Å². The first-order valence-electron chi connectivity index (χ1n) is 7.44. The van der Waals surface area contributed by atoms with E-state index < -0.39 is 5.41 Å². The Labute approximate surface area is 143 Å². The van der Waals surface area contributed by atoms with Gasteiger partial charge in [0.2, 0.25) is 0 Å². The van der Waals surface area contributed by atoms with E-state index in [4.69, 9.17) is 0 Å². The molecule has 0 atom stereocenters. The molecule has 0 radical (unpaired) electrons. The van der Waals surface area contributed by atoms with Crippen LogP contribution in [-0.4, -0.2) is 39.9 Å². The summed E-state index contributed by atoms with van der Waals surface area (Å²) in [4.78, 5) is 33.5. The molecule has 0 aliphatic rings. The number of hydrogen-bond donors (Lipinski definition) is 0. The summed E-state index contributed by atoms with van der Waals surface area (Å²) in [7, 11) is 0. The predicted octanol–water partition coefficient (Wildman–Crippen LogP) is 1.23. The third kappa shape index (κ3) is 2.49. The monoisotopic (exact) mass is 328 g/mol. The van der Waals surface area contributed by atoms with Gasteiger partial charge < -0.3 is 0 Å². The zero-order valence-corrected chi connectivity index (χ0v) is 13.0. The number of hydrogen-bond acceptors (Lipinski definition) is 8. The summed E-state index contributed by atoms with van der Waals surface area (Å²) in [6.07, 6.45) is 19.9. The van der Waals surface area contributed by atoms with Crippen molar-refractivity contribution in [2.45, 2.75) is 5.41 Å². The van der Waals surface area contributed by atoms with E-state index in [1.165, 1.54) is 25.3 Å². The van der Waals surface area contributed by atoms with Crippen LogP contribution in [0.4, 0.5) is 0 Å². The van der Waals surface area contributed by atoms with Crippen LogP contribution in [-0.2, 0) is 5.41 Å². The molecule has 25 heavy (non-hydrogen) atoms. The quantitative estimate of drug-likeness (QED) is 0.551. The lowest BCUT2D eigenvalue weighted by molar-refractivity contribution is 0.703. The van der Waals surface area contributed by atoms with Crippen LogP contribution in [0.5, 0.6) is 0 Å². The van der Waals surface area contributed by atoms with E-state index in [-0.39, 0.29) is 0 Å². The van der Waals surface area contributed by atoms with Crippen molar-refractivity contribution in [2.75, 3.05) is 0 Å². The maximum Gasteiger partial charge on any atom is 0.115 e. The molecule has 0 aliphatic carbocycles. The van der Waals surface area contributed by atoms with E-state index in [2.05, 4.69) is 39.9 Å². The predicted molar refractivity (Wildman–Crippen MR) is 87.1 cm³/mol. The van der Waals surface area contributed by atoms with Crippen molar-refractivity contribution < 1.29 is 0 Å². The largest absolute Gasteiger partial charge is 0.244 e. The number of aromatic nitrogens is 8. The SMILES string of the molecule is c1ncc(C(c2cncnc2)(c2cncnc2)c2cncnc2)cn1. The third-order valence-corrected chi connectivity index (χ3v) is 3.97. The van der Waals surface area contributed by atoms with Gasteiger partial charge in [0, 0.05) is 71.8 Å². The second-order valence-electron chi connectivity index (χ2n) is 5.26. The molecule has 0 aliphatic heterocycles. The molecule has 4 rings (SSSR count). The van der Waals surface area contributed by atoms with Crippen molar-refractivity contribution in [3.63, 3.8) is 0 Å². The van der Waals surface area contributed by atoms with Crippen molar-refractivity contribution >= 4 is 0 Å². The van der Waals surface area contributed by atoms with Gasteiger partial charge in [-0.2, -0.15) is 0 Å². The van der Waals surface area contributed by atoms with E-state index in [9.17, 15) is 0 Å². The second-order valence-corrected chi connectivity index (χ2v) is 5.26. The van der Waals surface area contributed by atoms with Gasteiger partial charge in [0.15, 0.2) is 0 Å². The topological polar surface area (TPSA) is 103 Å². The Morgan fingerprint density at radius 1 is 0.360 bits per heavy atom. The zero-order chi connectivity index (χ0) is 17.0. The molecule has 0 unspecified atom stereocenters. The summed E-state index contributed by atoms with van der Waals surface area (Å²) in [6.45, 7) is 0. The van der Waals surface area contributed by atoms with Crippen molar-refractivity contribution in [3.8, 4) is 0 Å². The van der Waals surface area contributed by atoms with Crippen LogP contribution < -0.4 is 0 Å². The van der Waals surface area contributed by atoms with Gasteiger partial charge in [-0.25, -0.2) is 39.9 Å². The van der Waals surface area contributed by atoms with Crippen molar-refractivity contribution in [1.82, 2.24) is 39.9 Å². The molecule has 0 saturated carbocycles. The second kappa shape index (κ2) is 6.44. The van der Waals surface area contributed by atoms with Crippen LogP contribution in [0.1, 0.15) is 22.3 Å². The molecule has 4 aromatic rings. The molecule has 8 heteroatoms. The zero-order valence-electron chi connectivity index (χ0n) is 13.0. The minimum Gasteiger partial charge on any atom is -0.244 e. The molecule has 4 heterocycles. The molecule has 4 aromatic heterocycles. The van der Waals surface area contributed by atoms with Gasteiger partial charge in [-0.1, -0.05) is 0 Å².